The molecule has 0 saturated heterocycles. The number of aliphatic hydroxyl groups is 1. The van der Waals surface area contributed by atoms with Crippen LogP contribution in [0, 0.1) is 0 Å². The van der Waals surface area contributed by atoms with Gasteiger partial charge < -0.3 is 14.7 Å². The summed E-state index contributed by atoms with van der Waals surface area (Å²) in [4.78, 5) is 12.2. The zero-order valence-corrected chi connectivity index (χ0v) is 8.50. The summed E-state index contributed by atoms with van der Waals surface area (Å²) in [5.41, 5.74) is 0. The molecule has 0 aliphatic carbocycles. The average Bonchev–Trinajstić information content (AvgIpc) is 1.84. The summed E-state index contributed by atoms with van der Waals surface area (Å²) in [7, 11) is 7.30. The Morgan fingerprint density at radius 2 is 1.83 bits per heavy atom. The summed E-state index contributed by atoms with van der Waals surface area (Å²) >= 11 is 0. The molecule has 0 radical (unpaired) electrons. The monoisotopic (exact) mass is 177 g/mol. The Hall–Kier alpha value is -0.610. The first kappa shape index (κ1) is 13.9. The van der Waals surface area contributed by atoms with Gasteiger partial charge in [0, 0.05) is 0 Å². The molecule has 4 heteroatoms. The average molecular weight is 177 g/mol. The highest BCUT2D eigenvalue weighted by Gasteiger charge is 2.03. The molecular formula is C8H19NO3. The zero-order valence-electron chi connectivity index (χ0n) is 8.50. The summed E-state index contributed by atoms with van der Waals surface area (Å²) in [6, 6.07) is 0. The van der Waals surface area contributed by atoms with E-state index in [1.165, 1.54) is 14.0 Å². The number of methoxy groups -OCH3 is 1. The lowest BCUT2D eigenvalue weighted by Crippen LogP contribution is -2.10. The van der Waals surface area contributed by atoms with Gasteiger partial charge in [0.25, 0.3) is 0 Å². The van der Waals surface area contributed by atoms with Crippen LogP contribution >= 0.6 is 0 Å². The number of ether oxygens (including phenoxy) is 1. The SMILES string of the molecule is CN(C)C.COC(=O)CC(C)O. The van der Waals surface area contributed by atoms with Crippen molar-refractivity contribution in [2.75, 3.05) is 28.3 Å². The Labute approximate surface area is 74.1 Å². The molecule has 0 aliphatic heterocycles. The van der Waals surface area contributed by atoms with Crippen LogP contribution in [0.5, 0.6) is 0 Å². The Kier molecular flexibility index (Phi) is 9.86. The summed E-state index contributed by atoms with van der Waals surface area (Å²) in [5.74, 6) is -0.375. The van der Waals surface area contributed by atoms with E-state index in [0.717, 1.165) is 0 Å². The van der Waals surface area contributed by atoms with Gasteiger partial charge in [-0.25, -0.2) is 0 Å². The fourth-order valence-electron chi connectivity index (χ4n) is 0.325. The van der Waals surface area contributed by atoms with Crippen LogP contribution in [0.15, 0.2) is 0 Å². The number of aliphatic hydroxyl groups excluding tert-OH is 1. The fourth-order valence-corrected chi connectivity index (χ4v) is 0.325. The second-order valence-electron chi connectivity index (χ2n) is 2.97. The van der Waals surface area contributed by atoms with Crippen molar-refractivity contribution in [1.29, 1.82) is 0 Å². The highest BCUT2D eigenvalue weighted by Crippen LogP contribution is 1.89. The van der Waals surface area contributed by atoms with Gasteiger partial charge >= 0.3 is 5.97 Å². The first-order valence-corrected chi connectivity index (χ1v) is 3.76. The molecule has 1 atom stereocenters. The minimum Gasteiger partial charge on any atom is -0.469 e. The molecule has 4 nitrogen and oxygen atoms in total. The molecular weight excluding hydrogens is 158 g/mol. The molecule has 0 bridgehead atoms. The normalized spacial score (nSPS) is 11.6. The Balaban J connectivity index is 0. The molecule has 0 spiro atoms. The molecule has 0 aromatic carbocycles. The third-order valence-electron chi connectivity index (χ3n) is 0.690. The van der Waals surface area contributed by atoms with Gasteiger partial charge in [0.05, 0.1) is 19.6 Å². The van der Waals surface area contributed by atoms with E-state index >= 15 is 0 Å². The smallest absolute Gasteiger partial charge is 0.308 e. The van der Waals surface area contributed by atoms with Crippen molar-refractivity contribution in [1.82, 2.24) is 4.90 Å². The van der Waals surface area contributed by atoms with Crippen molar-refractivity contribution in [3.05, 3.63) is 0 Å². The van der Waals surface area contributed by atoms with Crippen LogP contribution in [0.2, 0.25) is 0 Å². The van der Waals surface area contributed by atoms with Gasteiger partial charge in [0.15, 0.2) is 0 Å². The third-order valence-corrected chi connectivity index (χ3v) is 0.690. The van der Waals surface area contributed by atoms with Gasteiger partial charge in [-0.15, -0.1) is 0 Å². The number of rotatable bonds is 2. The molecule has 1 N–H and O–H groups in total. The minimum atomic E-state index is -0.595. The van der Waals surface area contributed by atoms with E-state index in [2.05, 4.69) is 4.74 Å². The molecule has 1 unspecified atom stereocenters. The van der Waals surface area contributed by atoms with Gasteiger partial charge in [0.1, 0.15) is 0 Å². The number of hydrogen-bond acceptors (Lipinski definition) is 4. The van der Waals surface area contributed by atoms with E-state index in [0.29, 0.717) is 0 Å². The lowest BCUT2D eigenvalue weighted by atomic mass is 10.3. The Bertz CT molecular complexity index is 110. The highest BCUT2D eigenvalue weighted by molar-refractivity contribution is 5.69. The van der Waals surface area contributed by atoms with Crippen molar-refractivity contribution >= 4 is 5.97 Å². The number of carbonyl (C=O) groups is 1. The molecule has 74 valence electrons. The van der Waals surface area contributed by atoms with Crippen LogP contribution in [0.3, 0.4) is 0 Å². The van der Waals surface area contributed by atoms with Gasteiger partial charge in [-0.3, -0.25) is 4.79 Å². The van der Waals surface area contributed by atoms with Crippen LogP contribution in [0.4, 0.5) is 0 Å². The van der Waals surface area contributed by atoms with Gasteiger partial charge in [-0.1, -0.05) is 0 Å². The van der Waals surface area contributed by atoms with E-state index in [-0.39, 0.29) is 12.4 Å². The first-order valence-electron chi connectivity index (χ1n) is 3.76. The molecule has 0 aromatic heterocycles. The van der Waals surface area contributed by atoms with E-state index in [9.17, 15) is 4.79 Å². The summed E-state index contributed by atoms with van der Waals surface area (Å²) in [6.45, 7) is 1.54. The molecule has 0 aromatic rings. The van der Waals surface area contributed by atoms with Crippen molar-refractivity contribution in [2.45, 2.75) is 19.4 Å². The van der Waals surface area contributed by atoms with Crippen LogP contribution in [0.25, 0.3) is 0 Å². The molecule has 0 saturated carbocycles. The molecule has 0 aliphatic rings. The van der Waals surface area contributed by atoms with Gasteiger partial charge in [-0.05, 0) is 28.1 Å². The van der Waals surface area contributed by atoms with Gasteiger partial charge in [0.2, 0.25) is 0 Å². The van der Waals surface area contributed by atoms with Crippen molar-refractivity contribution < 1.29 is 14.6 Å². The second-order valence-corrected chi connectivity index (χ2v) is 2.97. The van der Waals surface area contributed by atoms with Crippen LogP contribution in [0.1, 0.15) is 13.3 Å². The van der Waals surface area contributed by atoms with Crippen LogP contribution < -0.4 is 0 Å². The molecule has 0 rings (SSSR count). The largest absolute Gasteiger partial charge is 0.469 e. The lowest BCUT2D eigenvalue weighted by Gasteiger charge is -1.99. The fraction of sp³-hybridized carbons (Fsp3) is 0.875. The molecule has 0 fully saturated rings. The maximum absolute atomic E-state index is 10.2. The van der Waals surface area contributed by atoms with E-state index < -0.39 is 6.10 Å². The highest BCUT2D eigenvalue weighted by atomic mass is 16.5. The molecule has 0 heterocycles. The number of carbonyl (C=O) groups excluding carboxylic acids is 1. The molecule has 12 heavy (non-hydrogen) atoms. The van der Waals surface area contributed by atoms with Crippen molar-refractivity contribution in [2.24, 2.45) is 0 Å². The van der Waals surface area contributed by atoms with E-state index in [4.69, 9.17) is 5.11 Å². The van der Waals surface area contributed by atoms with Crippen molar-refractivity contribution in [3.63, 3.8) is 0 Å². The van der Waals surface area contributed by atoms with Gasteiger partial charge in [-0.2, -0.15) is 0 Å². The van der Waals surface area contributed by atoms with Crippen LogP contribution in [-0.4, -0.2) is 50.3 Å². The maximum atomic E-state index is 10.2. The van der Waals surface area contributed by atoms with Crippen molar-refractivity contribution in [3.8, 4) is 0 Å². The summed E-state index contributed by atoms with van der Waals surface area (Å²) < 4.78 is 4.26. The molecule has 0 amide bonds. The third kappa shape index (κ3) is 22.8. The summed E-state index contributed by atoms with van der Waals surface area (Å²) in [6.07, 6.45) is -0.515. The van der Waals surface area contributed by atoms with E-state index in [1.807, 2.05) is 26.0 Å². The predicted molar refractivity (Wildman–Crippen MR) is 47.9 cm³/mol. The first-order chi connectivity index (χ1) is 5.40. The number of nitrogens with zero attached hydrogens (tertiary/aromatic N) is 1. The number of hydrogen-bond donors (Lipinski definition) is 1. The van der Waals surface area contributed by atoms with E-state index in [1.54, 1.807) is 0 Å². The Morgan fingerprint density at radius 1 is 1.50 bits per heavy atom. The maximum Gasteiger partial charge on any atom is 0.308 e. The summed E-state index contributed by atoms with van der Waals surface area (Å²) in [5, 5.41) is 8.55. The Morgan fingerprint density at radius 3 is 1.92 bits per heavy atom. The predicted octanol–water partition coefficient (Wildman–Crippen LogP) is 0.108. The van der Waals surface area contributed by atoms with Crippen LogP contribution in [-0.2, 0) is 9.53 Å². The minimum absolute atomic E-state index is 0.0799. The zero-order chi connectivity index (χ0) is 10.1. The topological polar surface area (TPSA) is 49.8 Å². The lowest BCUT2D eigenvalue weighted by molar-refractivity contribution is -0.142. The quantitative estimate of drug-likeness (QED) is 0.608. The number of esters is 1. The second kappa shape index (κ2) is 8.49. The standard InChI is InChI=1S/C5H10O3.C3H9N/c1-4(6)3-5(7)8-2;1-4(2)3/h4,6H,3H2,1-2H3;1-3H3.